The van der Waals surface area contributed by atoms with Gasteiger partial charge in [-0.05, 0) is 43.3 Å². The number of ether oxygens (including phenoxy) is 1. The summed E-state index contributed by atoms with van der Waals surface area (Å²) in [6, 6.07) is 15.0. The second-order valence-electron chi connectivity index (χ2n) is 5.29. The summed E-state index contributed by atoms with van der Waals surface area (Å²) < 4.78 is 6.34. The van der Waals surface area contributed by atoms with E-state index in [0.29, 0.717) is 18.7 Å². The molecule has 24 heavy (non-hydrogen) atoms. The number of hydrogen-bond donors (Lipinski definition) is 1. The van der Waals surface area contributed by atoms with Crippen LogP contribution in [0, 0.1) is 0 Å². The first-order valence-electron chi connectivity index (χ1n) is 7.68. The van der Waals surface area contributed by atoms with Gasteiger partial charge in [-0.3, -0.25) is 4.79 Å². The fourth-order valence-electron chi connectivity index (χ4n) is 2.38. The normalized spacial score (nSPS) is 16.2. The third kappa shape index (κ3) is 3.94. The number of halogens is 1. The molecule has 6 heteroatoms. The maximum absolute atomic E-state index is 12.3. The number of hydrogen-bond acceptors (Lipinski definition) is 4. The molecule has 3 rings (SSSR count). The van der Waals surface area contributed by atoms with Gasteiger partial charge < -0.3 is 14.9 Å². The lowest BCUT2D eigenvalue weighted by Gasteiger charge is -2.10. The number of benzene rings is 2. The Morgan fingerprint density at radius 3 is 2.83 bits per heavy atom. The van der Waals surface area contributed by atoms with Gasteiger partial charge in [-0.2, -0.15) is 0 Å². The molecule has 1 amide bonds. The van der Waals surface area contributed by atoms with Crippen LogP contribution in [0.4, 0.5) is 5.69 Å². The second kappa shape index (κ2) is 7.49. The molecular formula is C18H17BrN2O3. The molecule has 1 N–H and O–H groups in total. The molecule has 0 saturated heterocycles. The predicted molar refractivity (Wildman–Crippen MR) is 96.4 cm³/mol. The Labute approximate surface area is 148 Å². The summed E-state index contributed by atoms with van der Waals surface area (Å²) in [5.74, 6) is 0.556. The van der Waals surface area contributed by atoms with E-state index in [1.54, 1.807) is 12.1 Å². The zero-order valence-corrected chi connectivity index (χ0v) is 14.7. The summed E-state index contributed by atoms with van der Waals surface area (Å²) in [7, 11) is 0. The van der Waals surface area contributed by atoms with Gasteiger partial charge >= 0.3 is 0 Å². The molecule has 0 aromatic heterocycles. The largest absolute Gasteiger partial charge is 0.494 e. The standard InChI is InChI=1S/C18H17BrN2O3/c1-2-23-15-8-6-14(7-9-15)20-18(22)17-11-16(21-24-17)12-4-3-5-13(19)10-12/h3-10,17H,2,11H2,1H3,(H,20,22). The van der Waals surface area contributed by atoms with E-state index in [1.165, 1.54) is 0 Å². The lowest BCUT2D eigenvalue weighted by Crippen LogP contribution is -2.28. The third-order valence-corrected chi connectivity index (χ3v) is 4.05. The van der Waals surface area contributed by atoms with Crippen LogP contribution >= 0.6 is 15.9 Å². The minimum Gasteiger partial charge on any atom is -0.494 e. The number of amides is 1. The summed E-state index contributed by atoms with van der Waals surface area (Å²) in [6.45, 7) is 2.54. The monoisotopic (exact) mass is 388 g/mol. The van der Waals surface area contributed by atoms with Crippen LogP contribution in [0.15, 0.2) is 58.2 Å². The van der Waals surface area contributed by atoms with E-state index in [4.69, 9.17) is 9.57 Å². The molecule has 0 spiro atoms. The molecule has 1 aliphatic rings. The fraction of sp³-hybridized carbons (Fsp3) is 0.222. The van der Waals surface area contributed by atoms with Crippen molar-refractivity contribution in [2.75, 3.05) is 11.9 Å². The van der Waals surface area contributed by atoms with Crippen LogP contribution in [0.5, 0.6) is 5.75 Å². The highest BCUT2D eigenvalue weighted by atomic mass is 79.9. The lowest BCUT2D eigenvalue weighted by molar-refractivity contribution is -0.125. The van der Waals surface area contributed by atoms with E-state index >= 15 is 0 Å². The average Bonchev–Trinajstić information content (AvgIpc) is 3.07. The Morgan fingerprint density at radius 1 is 1.33 bits per heavy atom. The SMILES string of the molecule is CCOc1ccc(NC(=O)C2CC(c3cccc(Br)c3)=NO2)cc1. The maximum Gasteiger partial charge on any atom is 0.268 e. The quantitative estimate of drug-likeness (QED) is 0.842. The molecule has 2 aromatic rings. The molecular weight excluding hydrogens is 372 g/mol. The van der Waals surface area contributed by atoms with E-state index in [-0.39, 0.29) is 5.91 Å². The summed E-state index contributed by atoms with van der Waals surface area (Å²) in [5, 5.41) is 6.88. The highest BCUT2D eigenvalue weighted by Gasteiger charge is 2.29. The van der Waals surface area contributed by atoms with Gasteiger partial charge in [-0.25, -0.2) is 0 Å². The maximum atomic E-state index is 12.3. The summed E-state index contributed by atoms with van der Waals surface area (Å²) >= 11 is 3.43. The van der Waals surface area contributed by atoms with E-state index in [0.717, 1.165) is 21.5 Å². The van der Waals surface area contributed by atoms with Crippen molar-refractivity contribution in [2.45, 2.75) is 19.4 Å². The van der Waals surface area contributed by atoms with Crippen molar-refractivity contribution in [3.8, 4) is 5.75 Å². The van der Waals surface area contributed by atoms with Crippen LogP contribution < -0.4 is 10.1 Å². The molecule has 0 radical (unpaired) electrons. The molecule has 0 fully saturated rings. The fourth-order valence-corrected chi connectivity index (χ4v) is 2.78. The molecule has 1 atom stereocenters. The molecule has 2 aromatic carbocycles. The number of carbonyl (C=O) groups excluding carboxylic acids is 1. The van der Waals surface area contributed by atoms with Crippen LogP contribution in [0.3, 0.4) is 0 Å². The van der Waals surface area contributed by atoms with Crippen LogP contribution in [-0.4, -0.2) is 24.3 Å². The van der Waals surface area contributed by atoms with E-state index in [2.05, 4.69) is 26.4 Å². The van der Waals surface area contributed by atoms with E-state index < -0.39 is 6.10 Å². The van der Waals surface area contributed by atoms with Gasteiger partial charge in [0.15, 0.2) is 0 Å². The summed E-state index contributed by atoms with van der Waals surface area (Å²) in [6.07, 6.45) is -0.176. The topological polar surface area (TPSA) is 59.9 Å². The van der Waals surface area contributed by atoms with Crippen molar-refractivity contribution in [3.05, 3.63) is 58.6 Å². The van der Waals surface area contributed by atoms with Crippen LogP contribution in [0.25, 0.3) is 0 Å². The number of oxime groups is 1. The number of nitrogens with zero attached hydrogens (tertiary/aromatic N) is 1. The van der Waals surface area contributed by atoms with Crippen molar-refractivity contribution >= 4 is 33.2 Å². The van der Waals surface area contributed by atoms with Gasteiger partial charge in [0, 0.05) is 22.1 Å². The third-order valence-electron chi connectivity index (χ3n) is 3.55. The van der Waals surface area contributed by atoms with Crippen molar-refractivity contribution < 1.29 is 14.4 Å². The Hall–Kier alpha value is -2.34. The van der Waals surface area contributed by atoms with Crippen molar-refractivity contribution in [1.29, 1.82) is 0 Å². The van der Waals surface area contributed by atoms with Crippen LogP contribution in [0.2, 0.25) is 0 Å². The van der Waals surface area contributed by atoms with Crippen molar-refractivity contribution in [1.82, 2.24) is 0 Å². The first-order chi connectivity index (χ1) is 11.7. The first kappa shape index (κ1) is 16.5. The van der Waals surface area contributed by atoms with Crippen LogP contribution in [-0.2, 0) is 9.63 Å². The van der Waals surface area contributed by atoms with Crippen molar-refractivity contribution in [2.24, 2.45) is 5.16 Å². The molecule has 0 aliphatic carbocycles. The zero-order valence-electron chi connectivity index (χ0n) is 13.2. The summed E-state index contributed by atoms with van der Waals surface area (Å²) in [4.78, 5) is 17.6. The van der Waals surface area contributed by atoms with Gasteiger partial charge in [0.1, 0.15) is 5.75 Å². The number of carbonyl (C=O) groups is 1. The molecule has 124 valence electrons. The van der Waals surface area contributed by atoms with Crippen molar-refractivity contribution in [3.63, 3.8) is 0 Å². The molecule has 0 saturated carbocycles. The van der Waals surface area contributed by atoms with Gasteiger partial charge in [-0.1, -0.05) is 33.2 Å². The smallest absolute Gasteiger partial charge is 0.268 e. The van der Waals surface area contributed by atoms with E-state index in [1.807, 2.05) is 43.3 Å². The molecule has 5 nitrogen and oxygen atoms in total. The molecule has 1 heterocycles. The zero-order chi connectivity index (χ0) is 16.9. The van der Waals surface area contributed by atoms with Gasteiger partial charge in [0.25, 0.3) is 5.91 Å². The molecule has 0 bridgehead atoms. The van der Waals surface area contributed by atoms with Gasteiger partial charge in [-0.15, -0.1) is 0 Å². The Bertz CT molecular complexity index is 759. The highest BCUT2D eigenvalue weighted by molar-refractivity contribution is 9.10. The first-order valence-corrected chi connectivity index (χ1v) is 8.47. The van der Waals surface area contributed by atoms with Crippen LogP contribution in [0.1, 0.15) is 18.9 Å². The average molecular weight is 389 g/mol. The Kier molecular flexibility index (Phi) is 5.15. The number of nitrogens with one attached hydrogen (secondary N) is 1. The minimum atomic E-state index is -0.620. The predicted octanol–water partition coefficient (Wildman–Crippen LogP) is 3.98. The second-order valence-corrected chi connectivity index (χ2v) is 6.21. The number of rotatable bonds is 5. The lowest BCUT2D eigenvalue weighted by atomic mass is 10.0. The minimum absolute atomic E-state index is 0.215. The molecule has 1 unspecified atom stereocenters. The Balaban J connectivity index is 1.59. The highest BCUT2D eigenvalue weighted by Crippen LogP contribution is 2.21. The van der Waals surface area contributed by atoms with Gasteiger partial charge in [0.2, 0.25) is 6.10 Å². The number of anilines is 1. The summed E-state index contributed by atoms with van der Waals surface area (Å²) in [5.41, 5.74) is 2.41. The van der Waals surface area contributed by atoms with Gasteiger partial charge in [0.05, 0.1) is 12.3 Å². The molecule has 1 aliphatic heterocycles. The van der Waals surface area contributed by atoms with E-state index in [9.17, 15) is 4.79 Å². The Morgan fingerprint density at radius 2 is 2.12 bits per heavy atom.